The monoisotopic (exact) mass is 1320 g/mol. The second kappa shape index (κ2) is 28.1. The number of aliphatic carboxylic acids is 2. The molecule has 7 aromatic heterocycles. The van der Waals surface area contributed by atoms with Gasteiger partial charge in [-0.05, 0) is 56.2 Å². The zero-order valence-electron chi connectivity index (χ0n) is 48.3. The molecule has 464 valence electrons. The Morgan fingerprint density at radius 2 is 1.40 bits per heavy atom. The van der Waals surface area contributed by atoms with E-state index >= 15 is 0 Å². The highest BCUT2D eigenvalue weighted by atomic mass is 32.1. The van der Waals surface area contributed by atoms with E-state index in [1.807, 2.05) is 13.8 Å². The minimum atomic E-state index is -1.30. The van der Waals surface area contributed by atoms with Gasteiger partial charge in [0.1, 0.15) is 82.2 Å². The number of carbonyl (C=O) groups excluding carboxylic acids is 6. The van der Waals surface area contributed by atoms with E-state index in [9.17, 15) is 53.7 Å². The van der Waals surface area contributed by atoms with Crippen LogP contribution in [0.4, 0.5) is 5.82 Å². The van der Waals surface area contributed by atoms with Crippen LogP contribution in [0.2, 0.25) is 0 Å². The highest BCUT2D eigenvalue weighted by Crippen LogP contribution is 2.42. The molecule has 1 aromatic carbocycles. The number of pyridine rings is 1. The summed E-state index contributed by atoms with van der Waals surface area (Å²) in [5, 5.41) is 53.8. The molecule has 31 heteroatoms. The van der Waals surface area contributed by atoms with Gasteiger partial charge in [-0.25, -0.2) is 34.9 Å². The fraction of sp³-hybridized carbons (Fsp3) is 0.362. The third-order valence-electron chi connectivity index (χ3n) is 14.6. The summed E-state index contributed by atoms with van der Waals surface area (Å²) in [6.07, 6.45) is -0.660. The minimum absolute atomic E-state index is 0.00614. The summed E-state index contributed by atoms with van der Waals surface area (Å²) in [7, 11) is 2.92. The van der Waals surface area contributed by atoms with Crippen LogP contribution in [0.1, 0.15) is 138 Å². The molecule has 0 spiro atoms. The average Bonchev–Trinajstić information content (AvgIpc) is 1.92. The van der Waals surface area contributed by atoms with E-state index in [-0.39, 0.29) is 72.7 Å². The van der Waals surface area contributed by atoms with Gasteiger partial charge in [-0.1, -0.05) is 44.2 Å². The maximum atomic E-state index is 14.4. The number of aliphatic hydroxyl groups excluding tert-OH is 1. The van der Waals surface area contributed by atoms with Crippen molar-refractivity contribution in [1.82, 2.24) is 61.5 Å². The molecule has 1 fully saturated rings. The summed E-state index contributed by atoms with van der Waals surface area (Å²) in [6, 6.07) is 9.30. The molecular formula is C58H59N13O12S6. The quantitative estimate of drug-likeness (QED) is 0.0424. The van der Waals surface area contributed by atoms with Crippen molar-refractivity contribution in [2.75, 3.05) is 32.1 Å². The molecule has 89 heavy (non-hydrogen) atoms. The second-order valence-corrected chi connectivity index (χ2v) is 27.0. The molecule has 0 radical (unpaired) electrons. The number of carbonyl (C=O) groups is 8. The van der Waals surface area contributed by atoms with Crippen molar-refractivity contribution in [1.29, 1.82) is 0 Å². The van der Waals surface area contributed by atoms with Crippen LogP contribution in [-0.2, 0) is 35.3 Å². The van der Waals surface area contributed by atoms with Gasteiger partial charge in [0.05, 0.1) is 48.1 Å². The molecular weight excluding hydrogens is 1260 g/mol. The Kier molecular flexibility index (Phi) is 20.2. The maximum absolute atomic E-state index is 14.4. The fourth-order valence-electron chi connectivity index (χ4n) is 9.82. The highest BCUT2D eigenvalue weighted by Gasteiger charge is 2.42. The van der Waals surface area contributed by atoms with Crippen molar-refractivity contribution < 1.29 is 58.4 Å². The van der Waals surface area contributed by atoms with Crippen LogP contribution in [0.15, 0.2) is 64.0 Å². The van der Waals surface area contributed by atoms with Crippen LogP contribution in [-0.4, -0.2) is 125 Å². The molecule has 1 aliphatic heterocycles. The summed E-state index contributed by atoms with van der Waals surface area (Å²) < 4.78 is 5.45. The van der Waals surface area contributed by atoms with E-state index in [1.54, 1.807) is 70.9 Å². The number of aryl methyl sites for hydroxylation is 1. The largest absolute Gasteiger partial charge is 0.481 e. The van der Waals surface area contributed by atoms with E-state index in [2.05, 4.69) is 26.6 Å². The molecule has 2 aliphatic rings. The lowest BCUT2D eigenvalue weighted by molar-refractivity contribution is -0.148. The van der Waals surface area contributed by atoms with Crippen LogP contribution < -0.4 is 31.5 Å². The number of rotatable bonds is 16. The van der Waals surface area contributed by atoms with Crippen LogP contribution in [0.5, 0.6) is 0 Å². The SMILES string of the molecule is CNC(=O)C[C@@H]1NC(=O)c2csc(n2)-c2ccc(-c3nc(N(CCCCC(=O)O)C(=O)C4CC(C(=O)O)C4)cs3)nc2-c2csc(n2)-c2csc(n2)[C@H]([C@@H](O)c2ccccc2)NC(=O)CNC(=O)c2nc(sc2COC)C(C(C)C)NC(=O)c2nc1sc2C. The number of hydrogen-bond acceptors (Lipinski definition) is 23. The smallest absolute Gasteiger partial charge is 0.306 e. The molecule has 1 aliphatic carbocycles. The highest BCUT2D eigenvalue weighted by molar-refractivity contribution is 7.15. The van der Waals surface area contributed by atoms with Crippen LogP contribution in [0, 0.1) is 24.7 Å². The molecule has 4 atom stereocenters. The summed E-state index contributed by atoms with van der Waals surface area (Å²) in [4.78, 5) is 143. The first-order valence-electron chi connectivity index (χ1n) is 28.0. The topological polar surface area (TPSA) is 360 Å². The number of thiazole rings is 6. The lowest BCUT2D eigenvalue weighted by Crippen LogP contribution is -2.44. The lowest BCUT2D eigenvalue weighted by Gasteiger charge is -2.34. The van der Waals surface area contributed by atoms with E-state index in [4.69, 9.17) is 39.6 Å². The molecule has 10 bridgehead atoms. The number of nitrogens with zero attached hydrogens (tertiary/aromatic N) is 8. The Bertz CT molecular complexity index is 3960. The van der Waals surface area contributed by atoms with Crippen LogP contribution in [0.3, 0.4) is 0 Å². The Hall–Kier alpha value is -8.17. The van der Waals surface area contributed by atoms with E-state index in [0.717, 1.165) is 34.0 Å². The fourth-order valence-corrected chi connectivity index (χ4v) is 15.4. The number of carboxylic acid groups (broad SMARTS) is 2. The van der Waals surface area contributed by atoms with E-state index in [1.165, 1.54) is 53.1 Å². The number of methoxy groups -OCH3 is 1. The van der Waals surface area contributed by atoms with Crippen LogP contribution >= 0.6 is 68.0 Å². The van der Waals surface area contributed by atoms with Crippen molar-refractivity contribution in [2.24, 2.45) is 17.8 Å². The Balaban J connectivity index is 1.05. The van der Waals surface area contributed by atoms with E-state index in [0.29, 0.717) is 87.4 Å². The maximum Gasteiger partial charge on any atom is 0.306 e. The van der Waals surface area contributed by atoms with Gasteiger partial charge >= 0.3 is 11.9 Å². The second-order valence-electron chi connectivity index (χ2n) is 21.2. The third-order valence-corrected chi connectivity index (χ3v) is 20.4. The molecule has 8 heterocycles. The number of nitrogens with one attached hydrogen (secondary N) is 5. The summed E-state index contributed by atoms with van der Waals surface area (Å²) in [6.45, 7) is 5.04. The van der Waals surface area contributed by atoms with Gasteiger partial charge in [0.2, 0.25) is 17.7 Å². The number of unbranched alkanes of at least 4 members (excludes halogenated alkanes) is 1. The van der Waals surface area contributed by atoms with Crippen LogP contribution in [0.25, 0.3) is 43.4 Å². The number of anilines is 1. The zero-order valence-corrected chi connectivity index (χ0v) is 53.2. The first-order valence-corrected chi connectivity index (χ1v) is 33.1. The van der Waals surface area contributed by atoms with Gasteiger partial charge in [-0.3, -0.25) is 43.3 Å². The molecule has 6 amide bonds. The number of carboxylic acids is 2. The minimum Gasteiger partial charge on any atom is -0.481 e. The van der Waals surface area contributed by atoms with Crippen molar-refractivity contribution in [3.63, 3.8) is 0 Å². The molecule has 10 rings (SSSR count). The zero-order chi connectivity index (χ0) is 63.2. The molecule has 1 saturated carbocycles. The Labute approximate surface area is 532 Å². The van der Waals surface area contributed by atoms with Gasteiger partial charge in [-0.2, -0.15) is 0 Å². The van der Waals surface area contributed by atoms with Gasteiger partial charge < -0.3 is 46.6 Å². The van der Waals surface area contributed by atoms with Crippen molar-refractivity contribution in [3.8, 4) is 43.4 Å². The third kappa shape index (κ3) is 14.6. The predicted molar refractivity (Wildman–Crippen MR) is 335 cm³/mol. The molecule has 25 nitrogen and oxygen atoms in total. The van der Waals surface area contributed by atoms with Crippen molar-refractivity contribution in [3.05, 3.63) is 111 Å². The number of hydrogen-bond donors (Lipinski definition) is 8. The summed E-state index contributed by atoms with van der Waals surface area (Å²) in [5.74, 6) is -6.41. The van der Waals surface area contributed by atoms with Gasteiger partial charge in [0.15, 0.2) is 0 Å². The lowest BCUT2D eigenvalue weighted by atomic mass is 9.74. The van der Waals surface area contributed by atoms with Gasteiger partial charge in [0, 0.05) is 65.0 Å². The molecule has 8 aromatic rings. The molecule has 8 N–H and O–H groups in total. The predicted octanol–water partition coefficient (Wildman–Crippen LogP) is 8.01. The average molecular weight is 1320 g/mol. The number of amides is 6. The normalized spacial score (nSPS) is 18.4. The first-order chi connectivity index (χ1) is 42.8. The van der Waals surface area contributed by atoms with Crippen molar-refractivity contribution in [2.45, 2.75) is 90.1 Å². The number of benzene rings is 1. The first kappa shape index (κ1) is 63.8. The summed E-state index contributed by atoms with van der Waals surface area (Å²) in [5.41, 5.74) is 2.40. The number of fused-ring (bicyclic) bond motifs is 14. The Morgan fingerprint density at radius 3 is 2.13 bits per heavy atom. The van der Waals surface area contributed by atoms with Crippen molar-refractivity contribution >= 4 is 121 Å². The van der Waals surface area contributed by atoms with Gasteiger partial charge in [0.25, 0.3) is 17.7 Å². The standard InChI is InChI=1S/C58H59N13O12S6/c1-26(2)42-56-70-45(37(89-56)21-83-5)49(78)60-20-40(73)67-46(47(76)28-11-7-6-8-12-28)55-65-36(24-86-55)53-63-34(22-85-53)44-31(51-64-35(23-84-51)48(77)62-33(19-39(72)59-4)54-69-43(27(3)88-54)50(79)68-42)14-15-32(61-44)52-66-38(25-87-52)71(16-10-9-13-41(74)75)57(80)29-17-30(18-29)58(81)82/h6-8,11-12,14-15,22-26,29-30,33,42,46-47,76H,9-10,13,16-21H2,1-5H3,(H,59,72)(H,60,78)(H,62,77)(H,67,73)(H,68,79)(H,74,75)(H,81,82)/t29?,30?,33-,42?,46-,47-/m0/s1. The Morgan fingerprint density at radius 1 is 0.697 bits per heavy atom. The van der Waals surface area contributed by atoms with Gasteiger partial charge in [-0.15, -0.1) is 68.0 Å². The summed E-state index contributed by atoms with van der Waals surface area (Å²) >= 11 is 7.04. The van der Waals surface area contributed by atoms with E-state index < -0.39 is 84.1 Å². The number of aliphatic hydroxyl groups is 1. The molecule has 0 saturated heterocycles. The molecule has 1 unspecified atom stereocenters. The number of ether oxygens (including phenoxy) is 1. The number of aromatic nitrogens is 7.